The molecule has 0 radical (unpaired) electrons. The maximum Gasteiger partial charge on any atom is 0.148 e. The second kappa shape index (κ2) is 6.98. The fraction of sp³-hybridized carbons (Fsp3) is 0.538. The van der Waals surface area contributed by atoms with Gasteiger partial charge < -0.3 is 10.6 Å². The molecule has 0 saturated carbocycles. The standard InChI is InChI=1S/C13H21FN2O2S/c1-16(8-9-19(2,17)18)7-6-13(15)11-4-3-5-12(14)10-11/h3-5,10,13H,6-9,15H2,1-2H3. The van der Waals surface area contributed by atoms with Crippen LogP contribution in [-0.2, 0) is 9.84 Å². The second-order valence-electron chi connectivity index (χ2n) is 4.88. The first-order chi connectivity index (χ1) is 8.78. The highest BCUT2D eigenvalue weighted by atomic mass is 32.2. The number of benzene rings is 1. The van der Waals surface area contributed by atoms with E-state index in [4.69, 9.17) is 5.73 Å². The third-order valence-electron chi connectivity index (χ3n) is 2.94. The summed E-state index contributed by atoms with van der Waals surface area (Å²) in [5.41, 5.74) is 6.74. The number of hydrogen-bond donors (Lipinski definition) is 1. The van der Waals surface area contributed by atoms with E-state index in [2.05, 4.69) is 0 Å². The van der Waals surface area contributed by atoms with Crippen LogP contribution in [-0.4, -0.2) is 45.5 Å². The summed E-state index contributed by atoms with van der Waals surface area (Å²) in [6.07, 6.45) is 1.88. The van der Waals surface area contributed by atoms with E-state index >= 15 is 0 Å². The third-order valence-corrected chi connectivity index (χ3v) is 3.87. The van der Waals surface area contributed by atoms with Crippen molar-refractivity contribution < 1.29 is 12.8 Å². The van der Waals surface area contributed by atoms with E-state index in [1.807, 2.05) is 11.9 Å². The predicted molar refractivity (Wildman–Crippen MR) is 75.2 cm³/mol. The molecular formula is C13H21FN2O2S. The molecule has 19 heavy (non-hydrogen) atoms. The molecule has 0 aliphatic carbocycles. The van der Waals surface area contributed by atoms with Crippen molar-refractivity contribution in [2.24, 2.45) is 5.73 Å². The summed E-state index contributed by atoms with van der Waals surface area (Å²) in [5.74, 6) is -0.156. The van der Waals surface area contributed by atoms with Gasteiger partial charge in [-0.1, -0.05) is 12.1 Å². The summed E-state index contributed by atoms with van der Waals surface area (Å²) >= 11 is 0. The van der Waals surface area contributed by atoms with Crippen molar-refractivity contribution in [3.8, 4) is 0 Å². The second-order valence-corrected chi connectivity index (χ2v) is 7.14. The van der Waals surface area contributed by atoms with E-state index in [1.54, 1.807) is 12.1 Å². The smallest absolute Gasteiger partial charge is 0.148 e. The van der Waals surface area contributed by atoms with Crippen molar-refractivity contribution in [3.05, 3.63) is 35.6 Å². The van der Waals surface area contributed by atoms with Crippen LogP contribution in [0.5, 0.6) is 0 Å². The Hall–Kier alpha value is -0.980. The van der Waals surface area contributed by atoms with Gasteiger partial charge in [-0.3, -0.25) is 0 Å². The van der Waals surface area contributed by atoms with Crippen LogP contribution in [0.15, 0.2) is 24.3 Å². The highest BCUT2D eigenvalue weighted by molar-refractivity contribution is 7.90. The lowest BCUT2D eigenvalue weighted by molar-refractivity contribution is 0.335. The lowest BCUT2D eigenvalue weighted by Gasteiger charge is -2.19. The van der Waals surface area contributed by atoms with Gasteiger partial charge in [-0.05, 0) is 37.7 Å². The zero-order chi connectivity index (χ0) is 14.5. The van der Waals surface area contributed by atoms with Crippen LogP contribution in [0.3, 0.4) is 0 Å². The molecule has 1 rings (SSSR count). The van der Waals surface area contributed by atoms with Gasteiger partial charge in [-0.25, -0.2) is 12.8 Å². The summed E-state index contributed by atoms with van der Waals surface area (Å²) in [7, 11) is -1.09. The third kappa shape index (κ3) is 6.66. The Kier molecular flexibility index (Phi) is 5.90. The normalized spacial score (nSPS) is 13.7. The van der Waals surface area contributed by atoms with Crippen molar-refractivity contribution in [2.75, 3.05) is 32.1 Å². The molecule has 108 valence electrons. The molecule has 1 aromatic rings. The lowest BCUT2D eigenvalue weighted by Crippen LogP contribution is -2.28. The van der Waals surface area contributed by atoms with E-state index < -0.39 is 9.84 Å². The molecule has 0 aliphatic rings. The van der Waals surface area contributed by atoms with Gasteiger partial charge in [0.1, 0.15) is 15.7 Å². The minimum atomic E-state index is -2.94. The molecule has 0 aliphatic heterocycles. The van der Waals surface area contributed by atoms with Gasteiger partial charge in [0.05, 0.1) is 5.75 Å². The van der Waals surface area contributed by atoms with E-state index in [1.165, 1.54) is 18.4 Å². The van der Waals surface area contributed by atoms with E-state index in [9.17, 15) is 12.8 Å². The van der Waals surface area contributed by atoms with Gasteiger partial charge in [0, 0.05) is 18.8 Å². The fourth-order valence-corrected chi connectivity index (χ4v) is 2.34. The van der Waals surface area contributed by atoms with Gasteiger partial charge in [0.2, 0.25) is 0 Å². The molecule has 0 aromatic heterocycles. The van der Waals surface area contributed by atoms with Gasteiger partial charge in [-0.2, -0.15) is 0 Å². The molecule has 0 heterocycles. The Morgan fingerprint density at radius 3 is 2.63 bits per heavy atom. The fourth-order valence-electron chi connectivity index (χ4n) is 1.70. The molecule has 0 spiro atoms. The first kappa shape index (κ1) is 16.1. The summed E-state index contributed by atoms with van der Waals surface area (Å²) in [5, 5.41) is 0. The van der Waals surface area contributed by atoms with Gasteiger partial charge in [0.15, 0.2) is 0 Å². The number of nitrogens with two attached hydrogens (primary N) is 1. The van der Waals surface area contributed by atoms with Crippen LogP contribution in [0.25, 0.3) is 0 Å². The summed E-state index contributed by atoms with van der Waals surface area (Å²) in [6.45, 7) is 1.15. The average molecular weight is 288 g/mol. The topological polar surface area (TPSA) is 63.4 Å². The van der Waals surface area contributed by atoms with Crippen LogP contribution in [0.4, 0.5) is 4.39 Å². The van der Waals surface area contributed by atoms with Crippen molar-refractivity contribution in [2.45, 2.75) is 12.5 Å². The largest absolute Gasteiger partial charge is 0.324 e. The molecule has 0 amide bonds. The van der Waals surface area contributed by atoms with E-state index in [0.717, 1.165) is 5.56 Å². The van der Waals surface area contributed by atoms with Crippen LogP contribution in [0.1, 0.15) is 18.0 Å². The Morgan fingerprint density at radius 2 is 2.05 bits per heavy atom. The highest BCUT2D eigenvalue weighted by Gasteiger charge is 2.10. The SMILES string of the molecule is CN(CCC(N)c1cccc(F)c1)CCS(C)(=O)=O. The van der Waals surface area contributed by atoms with Crippen molar-refractivity contribution >= 4 is 9.84 Å². The van der Waals surface area contributed by atoms with Crippen molar-refractivity contribution in [1.82, 2.24) is 4.90 Å². The number of sulfone groups is 1. The zero-order valence-electron chi connectivity index (χ0n) is 11.3. The molecule has 1 unspecified atom stereocenters. The minimum Gasteiger partial charge on any atom is -0.324 e. The average Bonchev–Trinajstić information content (AvgIpc) is 2.32. The Balaban J connectivity index is 2.40. The quantitative estimate of drug-likeness (QED) is 0.818. The predicted octanol–water partition coefficient (Wildman–Crippen LogP) is 1.19. The molecule has 0 fully saturated rings. The molecule has 1 aromatic carbocycles. The molecule has 0 saturated heterocycles. The minimum absolute atomic E-state index is 0.138. The lowest BCUT2D eigenvalue weighted by atomic mass is 10.0. The van der Waals surface area contributed by atoms with Gasteiger partial charge in [-0.15, -0.1) is 0 Å². The number of hydrogen-bond acceptors (Lipinski definition) is 4. The maximum absolute atomic E-state index is 13.0. The summed E-state index contributed by atoms with van der Waals surface area (Å²) < 4.78 is 35.1. The Labute approximate surface area is 114 Å². The first-order valence-corrected chi connectivity index (χ1v) is 8.21. The molecule has 2 N–H and O–H groups in total. The number of rotatable bonds is 7. The van der Waals surface area contributed by atoms with Crippen molar-refractivity contribution in [1.29, 1.82) is 0 Å². The number of halogens is 1. The molecule has 1 atom stereocenters. The molecule has 6 heteroatoms. The highest BCUT2D eigenvalue weighted by Crippen LogP contribution is 2.15. The molecule has 0 bridgehead atoms. The zero-order valence-corrected chi connectivity index (χ0v) is 12.2. The van der Waals surface area contributed by atoms with Crippen LogP contribution >= 0.6 is 0 Å². The van der Waals surface area contributed by atoms with Crippen LogP contribution in [0, 0.1) is 5.82 Å². The van der Waals surface area contributed by atoms with Crippen LogP contribution < -0.4 is 5.73 Å². The number of nitrogens with zero attached hydrogens (tertiary/aromatic N) is 1. The Bertz CT molecular complexity index is 505. The summed E-state index contributed by atoms with van der Waals surface area (Å²) in [4.78, 5) is 1.92. The van der Waals surface area contributed by atoms with Crippen LogP contribution in [0.2, 0.25) is 0 Å². The molecular weight excluding hydrogens is 267 g/mol. The molecule has 4 nitrogen and oxygen atoms in total. The monoisotopic (exact) mass is 288 g/mol. The summed E-state index contributed by atoms with van der Waals surface area (Å²) in [6, 6.07) is 6.01. The van der Waals surface area contributed by atoms with E-state index in [-0.39, 0.29) is 17.6 Å². The Morgan fingerprint density at radius 1 is 1.37 bits per heavy atom. The van der Waals surface area contributed by atoms with Crippen molar-refractivity contribution in [3.63, 3.8) is 0 Å². The maximum atomic E-state index is 13.0. The van der Waals surface area contributed by atoms with E-state index in [0.29, 0.717) is 19.5 Å². The first-order valence-electron chi connectivity index (χ1n) is 6.15. The van der Waals surface area contributed by atoms with Gasteiger partial charge >= 0.3 is 0 Å². The van der Waals surface area contributed by atoms with Gasteiger partial charge in [0.25, 0.3) is 0 Å².